The molecule has 4 heteroatoms. The Morgan fingerprint density at radius 3 is 3.00 bits per heavy atom. The van der Waals surface area contributed by atoms with Crippen LogP contribution in [-0.4, -0.2) is 50.2 Å². The Balaban J connectivity index is 1.93. The number of hydrogen-bond donors (Lipinski definition) is 2. The summed E-state index contributed by atoms with van der Waals surface area (Å²) < 4.78 is 10.5. The van der Waals surface area contributed by atoms with E-state index in [1.807, 2.05) is 0 Å². The van der Waals surface area contributed by atoms with Gasteiger partial charge in [-0.25, -0.2) is 0 Å². The number of hydrogen-bond acceptors (Lipinski definition) is 4. The zero-order valence-electron chi connectivity index (χ0n) is 8.16. The Labute approximate surface area is 79.2 Å². The van der Waals surface area contributed by atoms with E-state index in [0.29, 0.717) is 25.4 Å². The molecule has 0 unspecified atom stereocenters. The summed E-state index contributed by atoms with van der Waals surface area (Å²) in [5, 5.41) is 11.8. The van der Waals surface area contributed by atoms with E-state index in [9.17, 15) is 0 Å². The SMILES string of the molecule is C[C@@H]1OCC[C@H]1NCCOCCO. The first-order valence-electron chi connectivity index (χ1n) is 4.88. The Morgan fingerprint density at radius 2 is 2.38 bits per heavy atom. The zero-order chi connectivity index (χ0) is 9.52. The van der Waals surface area contributed by atoms with Gasteiger partial charge in [0.1, 0.15) is 0 Å². The highest BCUT2D eigenvalue weighted by Gasteiger charge is 2.22. The summed E-state index contributed by atoms with van der Waals surface area (Å²) >= 11 is 0. The second kappa shape index (κ2) is 6.32. The summed E-state index contributed by atoms with van der Waals surface area (Å²) in [6.07, 6.45) is 1.40. The van der Waals surface area contributed by atoms with Gasteiger partial charge in [-0.3, -0.25) is 0 Å². The predicted octanol–water partition coefficient (Wildman–Crippen LogP) is -0.238. The Hall–Kier alpha value is -0.160. The van der Waals surface area contributed by atoms with Gasteiger partial charge in [-0.1, -0.05) is 0 Å². The summed E-state index contributed by atoms with van der Waals surface area (Å²) in [6, 6.07) is 0.470. The maximum atomic E-state index is 8.45. The van der Waals surface area contributed by atoms with Gasteiger partial charge in [-0.05, 0) is 13.3 Å². The summed E-state index contributed by atoms with van der Waals surface area (Å²) in [7, 11) is 0. The second-order valence-electron chi connectivity index (χ2n) is 3.26. The largest absolute Gasteiger partial charge is 0.394 e. The van der Waals surface area contributed by atoms with Gasteiger partial charge in [0.15, 0.2) is 0 Å². The fourth-order valence-electron chi connectivity index (χ4n) is 1.48. The summed E-state index contributed by atoms with van der Waals surface area (Å²) in [4.78, 5) is 0. The van der Waals surface area contributed by atoms with Crippen LogP contribution in [0.15, 0.2) is 0 Å². The number of ether oxygens (including phenoxy) is 2. The first-order valence-corrected chi connectivity index (χ1v) is 4.88. The molecule has 4 nitrogen and oxygen atoms in total. The lowest BCUT2D eigenvalue weighted by atomic mass is 10.1. The van der Waals surface area contributed by atoms with Crippen LogP contribution in [0.2, 0.25) is 0 Å². The van der Waals surface area contributed by atoms with Crippen molar-refractivity contribution in [1.29, 1.82) is 0 Å². The molecular formula is C9H19NO3. The van der Waals surface area contributed by atoms with Crippen molar-refractivity contribution in [1.82, 2.24) is 5.32 Å². The highest BCUT2D eigenvalue weighted by atomic mass is 16.5. The van der Waals surface area contributed by atoms with Crippen LogP contribution in [0.3, 0.4) is 0 Å². The summed E-state index contributed by atoms with van der Waals surface area (Å²) in [6.45, 7) is 4.96. The molecule has 1 fully saturated rings. The van der Waals surface area contributed by atoms with Gasteiger partial charge in [-0.2, -0.15) is 0 Å². The zero-order valence-corrected chi connectivity index (χ0v) is 8.16. The number of aliphatic hydroxyl groups is 1. The molecule has 1 aliphatic heterocycles. The Kier molecular flexibility index (Phi) is 5.31. The van der Waals surface area contributed by atoms with Gasteiger partial charge in [0, 0.05) is 19.2 Å². The molecule has 0 aliphatic carbocycles. The van der Waals surface area contributed by atoms with E-state index in [2.05, 4.69) is 12.2 Å². The first-order chi connectivity index (χ1) is 6.34. The monoisotopic (exact) mass is 189 g/mol. The van der Waals surface area contributed by atoms with Gasteiger partial charge in [0.25, 0.3) is 0 Å². The van der Waals surface area contributed by atoms with Crippen molar-refractivity contribution >= 4 is 0 Å². The highest BCUT2D eigenvalue weighted by molar-refractivity contribution is 4.78. The van der Waals surface area contributed by atoms with Crippen LogP contribution < -0.4 is 5.32 Å². The molecule has 0 saturated carbocycles. The fraction of sp³-hybridized carbons (Fsp3) is 1.00. The molecule has 0 bridgehead atoms. The molecule has 1 rings (SSSR count). The van der Waals surface area contributed by atoms with E-state index in [0.717, 1.165) is 19.6 Å². The van der Waals surface area contributed by atoms with Crippen molar-refractivity contribution in [3.8, 4) is 0 Å². The molecule has 1 heterocycles. The van der Waals surface area contributed by atoms with Gasteiger partial charge >= 0.3 is 0 Å². The smallest absolute Gasteiger partial charge is 0.0700 e. The van der Waals surface area contributed by atoms with Crippen LogP contribution in [0.5, 0.6) is 0 Å². The van der Waals surface area contributed by atoms with Gasteiger partial charge in [0.2, 0.25) is 0 Å². The highest BCUT2D eigenvalue weighted by Crippen LogP contribution is 2.11. The standard InChI is InChI=1S/C9H19NO3/c1-8-9(2-5-13-8)10-3-6-12-7-4-11/h8-11H,2-7H2,1H3/t8-,9+/m0/s1. The molecule has 78 valence electrons. The van der Waals surface area contributed by atoms with E-state index in [1.165, 1.54) is 0 Å². The molecule has 0 aromatic rings. The van der Waals surface area contributed by atoms with E-state index >= 15 is 0 Å². The minimum Gasteiger partial charge on any atom is -0.394 e. The third-order valence-corrected chi connectivity index (χ3v) is 2.26. The molecule has 0 aromatic heterocycles. The molecule has 0 aromatic carbocycles. The lowest BCUT2D eigenvalue weighted by molar-refractivity contribution is 0.0864. The van der Waals surface area contributed by atoms with E-state index in [1.54, 1.807) is 0 Å². The maximum Gasteiger partial charge on any atom is 0.0700 e. The molecular weight excluding hydrogens is 170 g/mol. The molecule has 2 atom stereocenters. The van der Waals surface area contributed by atoms with Crippen molar-refractivity contribution in [2.45, 2.75) is 25.5 Å². The second-order valence-corrected chi connectivity index (χ2v) is 3.26. The summed E-state index contributed by atoms with van der Waals surface area (Å²) in [5.74, 6) is 0. The lowest BCUT2D eigenvalue weighted by Crippen LogP contribution is -2.36. The van der Waals surface area contributed by atoms with Crippen molar-refractivity contribution in [2.75, 3.05) is 33.0 Å². The lowest BCUT2D eigenvalue weighted by Gasteiger charge is -2.15. The van der Waals surface area contributed by atoms with Crippen LogP contribution >= 0.6 is 0 Å². The molecule has 0 radical (unpaired) electrons. The van der Waals surface area contributed by atoms with Crippen LogP contribution in [0.4, 0.5) is 0 Å². The topological polar surface area (TPSA) is 50.7 Å². The third kappa shape index (κ3) is 4.04. The van der Waals surface area contributed by atoms with Gasteiger partial charge in [-0.15, -0.1) is 0 Å². The maximum absolute atomic E-state index is 8.45. The van der Waals surface area contributed by atoms with Gasteiger partial charge in [0.05, 0.1) is 25.9 Å². The van der Waals surface area contributed by atoms with Crippen molar-refractivity contribution in [3.63, 3.8) is 0 Å². The normalized spacial score (nSPS) is 28.2. The van der Waals surface area contributed by atoms with E-state index in [-0.39, 0.29) is 6.61 Å². The third-order valence-electron chi connectivity index (χ3n) is 2.26. The summed E-state index contributed by atoms with van der Waals surface area (Å²) in [5.41, 5.74) is 0. The van der Waals surface area contributed by atoms with Crippen molar-refractivity contribution in [3.05, 3.63) is 0 Å². The first kappa shape index (κ1) is 10.9. The molecule has 0 spiro atoms. The minimum atomic E-state index is 0.100. The minimum absolute atomic E-state index is 0.100. The van der Waals surface area contributed by atoms with Crippen molar-refractivity contribution in [2.24, 2.45) is 0 Å². The van der Waals surface area contributed by atoms with Crippen LogP contribution in [0, 0.1) is 0 Å². The van der Waals surface area contributed by atoms with Crippen LogP contribution in [-0.2, 0) is 9.47 Å². The number of nitrogens with one attached hydrogen (secondary N) is 1. The van der Waals surface area contributed by atoms with Gasteiger partial charge < -0.3 is 19.9 Å². The quantitative estimate of drug-likeness (QED) is 0.566. The molecule has 1 saturated heterocycles. The Morgan fingerprint density at radius 1 is 1.54 bits per heavy atom. The Bertz CT molecular complexity index is 132. The molecule has 13 heavy (non-hydrogen) atoms. The molecule has 0 amide bonds. The number of aliphatic hydroxyl groups excluding tert-OH is 1. The van der Waals surface area contributed by atoms with Crippen LogP contribution in [0.1, 0.15) is 13.3 Å². The van der Waals surface area contributed by atoms with Crippen molar-refractivity contribution < 1.29 is 14.6 Å². The van der Waals surface area contributed by atoms with Crippen LogP contribution in [0.25, 0.3) is 0 Å². The number of rotatable bonds is 6. The fourth-order valence-corrected chi connectivity index (χ4v) is 1.48. The molecule has 1 aliphatic rings. The average Bonchev–Trinajstić information content (AvgIpc) is 2.52. The average molecular weight is 189 g/mol. The molecule has 2 N–H and O–H groups in total. The predicted molar refractivity (Wildman–Crippen MR) is 49.7 cm³/mol. The van der Waals surface area contributed by atoms with E-state index in [4.69, 9.17) is 14.6 Å². The van der Waals surface area contributed by atoms with E-state index < -0.39 is 0 Å².